The molecular weight excluding hydrogens is 398 g/mol. The summed E-state index contributed by atoms with van der Waals surface area (Å²) in [5.74, 6) is 0. The predicted octanol–water partition coefficient (Wildman–Crippen LogP) is 3.97. The standard InChI is InChI=1S/C24H27N3O2.ClH/c28-23-26(17-18-27(23)21-8-2-1-3-9-21)14-6-13-25-15-11-24(12-16-25)22-10-5-4-7-20(22)19-29-24;/h1-5,7-10,17-18H,6,11-16,19H2;1H. The molecule has 0 aliphatic carbocycles. The molecule has 30 heavy (non-hydrogen) atoms. The lowest BCUT2D eigenvalue weighted by Gasteiger charge is -2.39. The molecule has 2 aromatic carbocycles. The number of halogens is 1. The van der Waals surface area contributed by atoms with Gasteiger partial charge in [-0.25, -0.2) is 4.79 Å². The van der Waals surface area contributed by atoms with Crippen molar-refractivity contribution in [2.45, 2.75) is 38.0 Å². The lowest BCUT2D eigenvalue weighted by atomic mass is 9.84. The Hall–Kier alpha value is -2.34. The molecule has 5 rings (SSSR count). The van der Waals surface area contributed by atoms with Crippen molar-refractivity contribution in [2.24, 2.45) is 0 Å². The minimum atomic E-state index is -0.0725. The summed E-state index contributed by atoms with van der Waals surface area (Å²) in [5.41, 5.74) is 3.62. The first-order valence-corrected chi connectivity index (χ1v) is 10.5. The van der Waals surface area contributed by atoms with E-state index in [9.17, 15) is 4.79 Å². The van der Waals surface area contributed by atoms with Crippen molar-refractivity contribution in [3.05, 3.63) is 88.6 Å². The highest BCUT2D eigenvalue weighted by Crippen LogP contribution is 2.43. The van der Waals surface area contributed by atoms with Crippen LogP contribution in [0.4, 0.5) is 0 Å². The highest BCUT2D eigenvalue weighted by Gasteiger charge is 2.42. The quantitative estimate of drug-likeness (QED) is 0.620. The van der Waals surface area contributed by atoms with Gasteiger partial charge in [0.15, 0.2) is 0 Å². The maximum atomic E-state index is 12.6. The van der Waals surface area contributed by atoms with E-state index < -0.39 is 0 Å². The summed E-state index contributed by atoms with van der Waals surface area (Å²) in [6.07, 6.45) is 6.83. The SMILES string of the molecule is Cl.O=c1n(CCCN2CCC3(CC2)OCc2ccccc23)ccn1-c1ccccc1. The molecule has 3 aromatic rings. The second kappa shape index (κ2) is 8.80. The number of hydrogen-bond acceptors (Lipinski definition) is 3. The van der Waals surface area contributed by atoms with Crippen molar-refractivity contribution in [2.75, 3.05) is 19.6 Å². The number of imidazole rings is 1. The van der Waals surface area contributed by atoms with E-state index in [-0.39, 0.29) is 23.7 Å². The molecule has 2 aliphatic heterocycles. The van der Waals surface area contributed by atoms with Crippen LogP contribution in [0.2, 0.25) is 0 Å². The largest absolute Gasteiger partial charge is 0.365 e. The molecule has 6 heteroatoms. The van der Waals surface area contributed by atoms with Gasteiger partial charge in [0.05, 0.1) is 17.9 Å². The second-order valence-corrected chi connectivity index (χ2v) is 8.11. The van der Waals surface area contributed by atoms with Crippen LogP contribution in [0.15, 0.2) is 71.8 Å². The minimum absolute atomic E-state index is 0. The van der Waals surface area contributed by atoms with Crippen LogP contribution in [-0.4, -0.2) is 33.7 Å². The van der Waals surface area contributed by atoms with Gasteiger partial charge in [0.2, 0.25) is 0 Å². The monoisotopic (exact) mass is 425 g/mol. The molecule has 2 aliphatic rings. The Labute approximate surface area is 183 Å². The van der Waals surface area contributed by atoms with Gasteiger partial charge in [0.1, 0.15) is 0 Å². The number of benzene rings is 2. The zero-order chi connectivity index (χ0) is 19.7. The fourth-order valence-electron chi connectivity index (χ4n) is 4.77. The number of aryl methyl sites for hydroxylation is 1. The Morgan fingerprint density at radius 2 is 1.63 bits per heavy atom. The topological polar surface area (TPSA) is 39.4 Å². The van der Waals surface area contributed by atoms with Gasteiger partial charge in [-0.1, -0.05) is 42.5 Å². The van der Waals surface area contributed by atoms with Crippen LogP contribution in [0.25, 0.3) is 5.69 Å². The van der Waals surface area contributed by atoms with Gasteiger partial charge < -0.3 is 9.64 Å². The molecule has 0 unspecified atom stereocenters. The average molecular weight is 426 g/mol. The molecule has 0 amide bonds. The first-order chi connectivity index (χ1) is 14.3. The van der Waals surface area contributed by atoms with Crippen molar-refractivity contribution < 1.29 is 4.74 Å². The Balaban J connectivity index is 0.00000218. The van der Waals surface area contributed by atoms with Gasteiger partial charge in [0, 0.05) is 32.0 Å². The number of nitrogens with zero attached hydrogens (tertiary/aromatic N) is 3. The van der Waals surface area contributed by atoms with Crippen LogP contribution in [0.1, 0.15) is 30.4 Å². The predicted molar refractivity (Wildman–Crippen MR) is 120 cm³/mol. The summed E-state index contributed by atoms with van der Waals surface area (Å²) in [5, 5.41) is 0. The first kappa shape index (κ1) is 20.9. The van der Waals surface area contributed by atoms with Crippen LogP contribution in [0.5, 0.6) is 0 Å². The summed E-state index contributed by atoms with van der Waals surface area (Å²) in [7, 11) is 0. The van der Waals surface area contributed by atoms with E-state index in [1.54, 1.807) is 4.57 Å². The lowest BCUT2D eigenvalue weighted by Crippen LogP contribution is -2.43. The molecule has 3 heterocycles. The number of hydrogen-bond donors (Lipinski definition) is 0. The van der Waals surface area contributed by atoms with Gasteiger partial charge in [0.25, 0.3) is 0 Å². The summed E-state index contributed by atoms with van der Waals surface area (Å²) in [6.45, 7) is 4.61. The zero-order valence-corrected chi connectivity index (χ0v) is 17.9. The number of para-hydroxylation sites is 1. The summed E-state index contributed by atoms with van der Waals surface area (Å²) < 4.78 is 9.78. The Morgan fingerprint density at radius 3 is 2.43 bits per heavy atom. The first-order valence-electron chi connectivity index (χ1n) is 10.5. The Kier molecular flexibility index (Phi) is 6.14. The average Bonchev–Trinajstić information content (AvgIpc) is 3.32. The van der Waals surface area contributed by atoms with Crippen molar-refractivity contribution in [1.82, 2.24) is 14.0 Å². The highest BCUT2D eigenvalue weighted by atomic mass is 35.5. The molecule has 158 valence electrons. The fourth-order valence-corrected chi connectivity index (χ4v) is 4.77. The smallest absolute Gasteiger partial charge is 0.332 e. The van der Waals surface area contributed by atoms with E-state index in [0.29, 0.717) is 0 Å². The number of piperidine rings is 1. The molecule has 1 spiro atoms. The summed E-state index contributed by atoms with van der Waals surface area (Å²) in [4.78, 5) is 15.1. The van der Waals surface area contributed by atoms with Gasteiger partial charge in [-0.15, -0.1) is 12.4 Å². The Bertz CT molecular complexity index is 1040. The number of rotatable bonds is 5. The number of fused-ring (bicyclic) bond motifs is 2. The van der Waals surface area contributed by atoms with Gasteiger partial charge in [-0.3, -0.25) is 9.13 Å². The molecule has 1 aromatic heterocycles. The molecule has 0 atom stereocenters. The maximum Gasteiger partial charge on any atom is 0.332 e. The van der Waals surface area contributed by atoms with E-state index in [4.69, 9.17) is 4.74 Å². The molecule has 0 bridgehead atoms. The third kappa shape index (κ3) is 3.85. The van der Waals surface area contributed by atoms with Crippen LogP contribution in [0.3, 0.4) is 0 Å². The number of likely N-dealkylation sites (tertiary alicyclic amines) is 1. The molecule has 0 saturated carbocycles. The van der Waals surface area contributed by atoms with Gasteiger partial charge in [-0.2, -0.15) is 0 Å². The van der Waals surface area contributed by atoms with Crippen molar-refractivity contribution in [3.63, 3.8) is 0 Å². The normalized spacial score (nSPS) is 17.6. The minimum Gasteiger partial charge on any atom is -0.365 e. The molecule has 0 radical (unpaired) electrons. The molecule has 0 N–H and O–H groups in total. The third-order valence-corrected chi connectivity index (χ3v) is 6.43. The highest BCUT2D eigenvalue weighted by molar-refractivity contribution is 5.85. The van der Waals surface area contributed by atoms with E-state index in [1.165, 1.54) is 11.1 Å². The summed E-state index contributed by atoms with van der Waals surface area (Å²) >= 11 is 0. The van der Waals surface area contributed by atoms with Crippen LogP contribution in [-0.2, 0) is 23.5 Å². The molecule has 1 fully saturated rings. The molecule has 5 nitrogen and oxygen atoms in total. The molecular formula is C24H28ClN3O2. The zero-order valence-electron chi connectivity index (χ0n) is 17.1. The van der Waals surface area contributed by atoms with Gasteiger partial charge >= 0.3 is 5.69 Å². The van der Waals surface area contributed by atoms with Crippen molar-refractivity contribution >= 4 is 12.4 Å². The van der Waals surface area contributed by atoms with E-state index in [0.717, 1.165) is 57.7 Å². The second-order valence-electron chi connectivity index (χ2n) is 8.11. The number of ether oxygens (including phenoxy) is 1. The Morgan fingerprint density at radius 1 is 0.900 bits per heavy atom. The van der Waals surface area contributed by atoms with E-state index in [1.807, 2.05) is 47.3 Å². The van der Waals surface area contributed by atoms with E-state index in [2.05, 4.69) is 29.2 Å². The van der Waals surface area contributed by atoms with Crippen LogP contribution < -0.4 is 5.69 Å². The maximum absolute atomic E-state index is 12.6. The van der Waals surface area contributed by atoms with E-state index >= 15 is 0 Å². The third-order valence-electron chi connectivity index (χ3n) is 6.43. The number of aromatic nitrogens is 2. The molecule has 1 saturated heterocycles. The lowest BCUT2D eigenvalue weighted by molar-refractivity contribution is -0.0789. The van der Waals surface area contributed by atoms with Crippen molar-refractivity contribution in [3.8, 4) is 5.69 Å². The van der Waals surface area contributed by atoms with Crippen LogP contribution >= 0.6 is 12.4 Å². The van der Waals surface area contributed by atoms with Crippen LogP contribution in [0, 0.1) is 0 Å². The van der Waals surface area contributed by atoms with Crippen molar-refractivity contribution in [1.29, 1.82) is 0 Å². The van der Waals surface area contributed by atoms with Gasteiger partial charge in [-0.05, 0) is 49.1 Å². The fraction of sp³-hybridized carbons (Fsp3) is 0.375. The summed E-state index contributed by atoms with van der Waals surface area (Å²) in [6, 6.07) is 18.4.